The van der Waals surface area contributed by atoms with Crippen LogP contribution in [-0.2, 0) is 4.79 Å². The van der Waals surface area contributed by atoms with E-state index in [0.717, 1.165) is 25.7 Å². The van der Waals surface area contributed by atoms with Crippen LogP contribution in [0.1, 0.15) is 97.3 Å². The molecule has 5 N–H and O–H groups in total. The van der Waals surface area contributed by atoms with Crippen LogP contribution < -0.4 is 16.8 Å². The molecule has 0 unspecified atom stereocenters. The van der Waals surface area contributed by atoms with Crippen molar-refractivity contribution in [2.45, 2.75) is 103 Å². The van der Waals surface area contributed by atoms with Crippen molar-refractivity contribution in [3.8, 4) is 0 Å². The molecule has 0 aliphatic rings. The Morgan fingerprint density at radius 3 is 1.91 bits per heavy atom. The molecular formula is C18H39N3O. The van der Waals surface area contributed by atoms with E-state index in [4.69, 9.17) is 11.5 Å². The first-order chi connectivity index (χ1) is 10.5. The molecule has 0 bridgehead atoms. The smallest absolute Gasteiger partial charge is 0.219 e. The molecule has 0 heterocycles. The van der Waals surface area contributed by atoms with Crippen molar-refractivity contribution >= 4 is 5.91 Å². The van der Waals surface area contributed by atoms with Crippen molar-refractivity contribution in [2.75, 3.05) is 6.54 Å². The summed E-state index contributed by atoms with van der Waals surface area (Å²) in [6.45, 7) is 4.90. The van der Waals surface area contributed by atoms with Gasteiger partial charge in [0.1, 0.15) is 0 Å². The molecule has 4 nitrogen and oxygen atoms in total. The third kappa shape index (κ3) is 14.3. The number of hydrogen-bond acceptors (Lipinski definition) is 3. The number of carbonyl (C=O) groups is 1. The minimum atomic E-state index is -0.639. The molecule has 0 aliphatic carbocycles. The topological polar surface area (TPSA) is 81.1 Å². The second-order valence-electron chi connectivity index (χ2n) is 6.66. The molecule has 0 aromatic heterocycles. The van der Waals surface area contributed by atoms with E-state index in [1.807, 2.05) is 0 Å². The molecular weight excluding hydrogens is 274 g/mol. The van der Waals surface area contributed by atoms with Gasteiger partial charge in [0.15, 0.2) is 0 Å². The van der Waals surface area contributed by atoms with Crippen molar-refractivity contribution in [3.63, 3.8) is 0 Å². The van der Waals surface area contributed by atoms with E-state index in [0.29, 0.717) is 19.4 Å². The van der Waals surface area contributed by atoms with E-state index in [2.05, 4.69) is 19.2 Å². The van der Waals surface area contributed by atoms with Gasteiger partial charge in [0.25, 0.3) is 0 Å². The lowest BCUT2D eigenvalue weighted by Crippen LogP contribution is -2.51. The van der Waals surface area contributed by atoms with Crippen LogP contribution in [0.2, 0.25) is 0 Å². The number of unbranched alkanes of at least 4 members (excludes halogenated alkanes) is 8. The fourth-order valence-corrected chi connectivity index (χ4v) is 2.71. The van der Waals surface area contributed by atoms with Crippen molar-refractivity contribution in [3.05, 3.63) is 0 Å². The summed E-state index contributed by atoms with van der Waals surface area (Å²) in [5.41, 5.74) is 11.2. The summed E-state index contributed by atoms with van der Waals surface area (Å²) in [5, 5.41) is 2.92. The zero-order valence-electron chi connectivity index (χ0n) is 15.0. The summed E-state index contributed by atoms with van der Waals surface area (Å²) in [7, 11) is 0. The van der Waals surface area contributed by atoms with E-state index in [-0.39, 0.29) is 5.91 Å². The lowest BCUT2D eigenvalue weighted by Gasteiger charge is -2.23. The quantitative estimate of drug-likeness (QED) is 0.317. The van der Waals surface area contributed by atoms with Gasteiger partial charge in [0.2, 0.25) is 5.91 Å². The van der Waals surface area contributed by atoms with Crippen LogP contribution in [-0.4, -0.2) is 18.1 Å². The molecule has 0 radical (unpaired) electrons. The SMILES string of the molecule is CCCCCCCCCCCC(=O)NCCC(N)(N)CCC. The Kier molecular flexibility index (Phi) is 13.6. The average Bonchev–Trinajstić information content (AvgIpc) is 2.45. The Morgan fingerprint density at radius 2 is 1.36 bits per heavy atom. The third-order valence-corrected chi connectivity index (χ3v) is 4.14. The van der Waals surface area contributed by atoms with Gasteiger partial charge in [0.05, 0.1) is 5.66 Å². The minimum Gasteiger partial charge on any atom is -0.356 e. The molecule has 0 fully saturated rings. The van der Waals surface area contributed by atoms with E-state index in [1.54, 1.807) is 0 Å². The van der Waals surface area contributed by atoms with Crippen LogP contribution in [0.25, 0.3) is 0 Å². The molecule has 1 amide bonds. The van der Waals surface area contributed by atoms with Crippen LogP contribution in [0.15, 0.2) is 0 Å². The Hall–Kier alpha value is -0.610. The standard InChI is InChI=1S/C18H39N3O/c1-3-5-6-7-8-9-10-11-12-13-17(22)21-16-15-18(19,20)14-4-2/h3-16,19-20H2,1-2H3,(H,21,22). The lowest BCUT2D eigenvalue weighted by molar-refractivity contribution is -0.121. The maximum absolute atomic E-state index is 11.7. The predicted octanol–water partition coefficient (Wildman–Crippen LogP) is 3.83. The highest BCUT2D eigenvalue weighted by Gasteiger charge is 2.17. The van der Waals surface area contributed by atoms with Gasteiger partial charge in [-0.1, -0.05) is 71.6 Å². The van der Waals surface area contributed by atoms with E-state index >= 15 is 0 Å². The van der Waals surface area contributed by atoms with Gasteiger partial charge in [-0.05, 0) is 19.3 Å². The molecule has 0 atom stereocenters. The van der Waals surface area contributed by atoms with Crippen molar-refractivity contribution < 1.29 is 4.79 Å². The summed E-state index contributed by atoms with van der Waals surface area (Å²) in [4.78, 5) is 11.7. The Balaban J connectivity index is 3.36. The highest BCUT2D eigenvalue weighted by molar-refractivity contribution is 5.75. The van der Waals surface area contributed by atoms with Gasteiger partial charge >= 0.3 is 0 Å². The Morgan fingerprint density at radius 1 is 0.818 bits per heavy atom. The van der Waals surface area contributed by atoms with Gasteiger partial charge in [-0.15, -0.1) is 0 Å². The molecule has 0 aromatic carbocycles. The first-order valence-corrected chi connectivity index (χ1v) is 9.36. The second-order valence-corrected chi connectivity index (χ2v) is 6.66. The molecule has 0 saturated carbocycles. The van der Waals surface area contributed by atoms with Gasteiger partial charge in [0, 0.05) is 13.0 Å². The van der Waals surface area contributed by atoms with Crippen molar-refractivity contribution in [1.82, 2.24) is 5.32 Å². The van der Waals surface area contributed by atoms with Gasteiger partial charge in [-0.2, -0.15) is 0 Å². The van der Waals surface area contributed by atoms with Crippen LogP contribution in [0.3, 0.4) is 0 Å². The Bertz CT molecular complexity index is 267. The summed E-state index contributed by atoms with van der Waals surface area (Å²) < 4.78 is 0. The van der Waals surface area contributed by atoms with E-state index in [1.165, 1.54) is 44.9 Å². The Labute approximate surface area is 137 Å². The first-order valence-electron chi connectivity index (χ1n) is 9.36. The number of hydrogen-bond donors (Lipinski definition) is 3. The molecule has 0 rings (SSSR count). The second kappa shape index (κ2) is 14.0. The molecule has 0 aliphatic heterocycles. The van der Waals surface area contributed by atoms with Gasteiger partial charge in [-0.25, -0.2) is 0 Å². The highest BCUT2D eigenvalue weighted by atomic mass is 16.1. The predicted molar refractivity (Wildman–Crippen MR) is 95.5 cm³/mol. The molecule has 4 heteroatoms. The molecule has 22 heavy (non-hydrogen) atoms. The van der Waals surface area contributed by atoms with Crippen LogP contribution in [0.4, 0.5) is 0 Å². The van der Waals surface area contributed by atoms with E-state index in [9.17, 15) is 4.79 Å². The first kappa shape index (κ1) is 21.4. The lowest BCUT2D eigenvalue weighted by atomic mass is 10.0. The maximum Gasteiger partial charge on any atom is 0.219 e. The highest BCUT2D eigenvalue weighted by Crippen LogP contribution is 2.10. The number of nitrogens with two attached hydrogens (primary N) is 2. The van der Waals surface area contributed by atoms with E-state index < -0.39 is 5.66 Å². The number of nitrogens with one attached hydrogen (secondary N) is 1. The summed E-state index contributed by atoms with van der Waals surface area (Å²) in [6, 6.07) is 0. The summed E-state index contributed by atoms with van der Waals surface area (Å²) >= 11 is 0. The van der Waals surface area contributed by atoms with Crippen molar-refractivity contribution in [1.29, 1.82) is 0 Å². The monoisotopic (exact) mass is 313 g/mol. The average molecular weight is 314 g/mol. The van der Waals surface area contributed by atoms with Gasteiger partial charge < -0.3 is 16.8 Å². The zero-order chi connectivity index (χ0) is 16.7. The normalized spacial score (nSPS) is 11.6. The molecule has 132 valence electrons. The molecule has 0 aromatic rings. The largest absolute Gasteiger partial charge is 0.356 e. The zero-order valence-corrected chi connectivity index (χ0v) is 15.0. The van der Waals surface area contributed by atoms with Crippen LogP contribution >= 0.6 is 0 Å². The third-order valence-electron chi connectivity index (χ3n) is 4.14. The van der Waals surface area contributed by atoms with Crippen molar-refractivity contribution in [2.24, 2.45) is 11.5 Å². The number of rotatable bonds is 15. The number of amides is 1. The fourth-order valence-electron chi connectivity index (χ4n) is 2.71. The molecule has 0 saturated heterocycles. The summed E-state index contributed by atoms with van der Waals surface area (Å²) in [5.74, 6) is 0.134. The minimum absolute atomic E-state index is 0.134. The van der Waals surface area contributed by atoms with Crippen LogP contribution in [0.5, 0.6) is 0 Å². The fraction of sp³-hybridized carbons (Fsp3) is 0.944. The maximum atomic E-state index is 11.7. The van der Waals surface area contributed by atoms with Crippen LogP contribution in [0, 0.1) is 0 Å². The van der Waals surface area contributed by atoms with Gasteiger partial charge in [-0.3, -0.25) is 4.79 Å². The molecule has 0 spiro atoms. The number of carbonyl (C=O) groups excluding carboxylic acids is 1. The summed E-state index contributed by atoms with van der Waals surface area (Å²) in [6.07, 6.45) is 14.5.